The molecule has 0 amide bonds. The van der Waals surface area contributed by atoms with Gasteiger partial charge in [0.15, 0.2) is 0 Å². The highest BCUT2D eigenvalue weighted by atomic mass is 14.9. The van der Waals surface area contributed by atoms with Gasteiger partial charge in [-0.15, -0.1) is 0 Å². The zero-order chi connectivity index (χ0) is 13.2. The standard InChI is InChI=1S/C17H18N2/c1-13-4-2-3-5-16(13)12-19-9-8-15-10-14(11-18)6-7-17(15)19/h2-10H,11-12,18H2,1H3. The molecule has 2 aromatic carbocycles. The van der Waals surface area contributed by atoms with Crippen LogP contribution < -0.4 is 5.73 Å². The Hall–Kier alpha value is -2.06. The first-order chi connectivity index (χ1) is 9.28. The van der Waals surface area contributed by atoms with Crippen molar-refractivity contribution in [1.29, 1.82) is 0 Å². The minimum atomic E-state index is 0.596. The van der Waals surface area contributed by atoms with Crippen LogP contribution in [0.25, 0.3) is 10.9 Å². The molecule has 2 nitrogen and oxygen atoms in total. The second kappa shape index (κ2) is 4.90. The van der Waals surface area contributed by atoms with Crippen LogP contribution in [0.4, 0.5) is 0 Å². The SMILES string of the molecule is Cc1ccccc1Cn1ccc2cc(CN)ccc21. The van der Waals surface area contributed by atoms with Crippen LogP contribution in [0.15, 0.2) is 54.7 Å². The van der Waals surface area contributed by atoms with Gasteiger partial charge in [0.2, 0.25) is 0 Å². The molecule has 96 valence electrons. The van der Waals surface area contributed by atoms with Gasteiger partial charge in [0.1, 0.15) is 0 Å². The summed E-state index contributed by atoms with van der Waals surface area (Å²) in [6.07, 6.45) is 2.15. The molecule has 2 heteroatoms. The Morgan fingerprint density at radius 3 is 2.68 bits per heavy atom. The zero-order valence-electron chi connectivity index (χ0n) is 11.1. The molecule has 0 saturated carbocycles. The van der Waals surface area contributed by atoms with Crippen LogP contribution >= 0.6 is 0 Å². The van der Waals surface area contributed by atoms with E-state index in [4.69, 9.17) is 5.73 Å². The normalized spacial score (nSPS) is 11.1. The average Bonchev–Trinajstić information content (AvgIpc) is 2.83. The Labute approximate surface area is 113 Å². The van der Waals surface area contributed by atoms with E-state index in [0.717, 1.165) is 6.54 Å². The molecular weight excluding hydrogens is 232 g/mol. The molecule has 3 aromatic rings. The van der Waals surface area contributed by atoms with E-state index in [1.54, 1.807) is 0 Å². The monoisotopic (exact) mass is 250 g/mol. The lowest BCUT2D eigenvalue weighted by molar-refractivity contribution is 0.830. The van der Waals surface area contributed by atoms with Crippen molar-refractivity contribution in [1.82, 2.24) is 4.57 Å². The van der Waals surface area contributed by atoms with E-state index >= 15 is 0 Å². The number of nitrogens with two attached hydrogens (primary N) is 1. The summed E-state index contributed by atoms with van der Waals surface area (Å²) in [5.41, 5.74) is 10.8. The summed E-state index contributed by atoms with van der Waals surface area (Å²) in [5.74, 6) is 0. The van der Waals surface area contributed by atoms with Gasteiger partial charge in [0, 0.05) is 24.8 Å². The molecule has 0 unspecified atom stereocenters. The van der Waals surface area contributed by atoms with Crippen molar-refractivity contribution in [2.45, 2.75) is 20.0 Å². The molecule has 0 bridgehead atoms. The van der Waals surface area contributed by atoms with Crippen LogP contribution in [0.5, 0.6) is 0 Å². The number of benzene rings is 2. The average molecular weight is 250 g/mol. The molecule has 0 aliphatic carbocycles. The van der Waals surface area contributed by atoms with Gasteiger partial charge in [0.25, 0.3) is 0 Å². The molecule has 1 aromatic heterocycles. The van der Waals surface area contributed by atoms with Gasteiger partial charge in [-0.2, -0.15) is 0 Å². The molecule has 0 spiro atoms. The zero-order valence-corrected chi connectivity index (χ0v) is 11.1. The summed E-state index contributed by atoms with van der Waals surface area (Å²) in [6, 6.07) is 17.1. The van der Waals surface area contributed by atoms with Crippen molar-refractivity contribution < 1.29 is 0 Å². The van der Waals surface area contributed by atoms with Crippen LogP contribution in [-0.4, -0.2) is 4.57 Å². The lowest BCUT2D eigenvalue weighted by atomic mass is 10.1. The van der Waals surface area contributed by atoms with E-state index in [2.05, 4.69) is 66.2 Å². The highest BCUT2D eigenvalue weighted by Gasteiger charge is 2.04. The van der Waals surface area contributed by atoms with Gasteiger partial charge in [-0.05, 0) is 47.2 Å². The fourth-order valence-electron chi connectivity index (χ4n) is 2.49. The maximum Gasteiger partial charge on any atom is 0.0483 e. The van der Waals surface area contributed by atoms with Crippen molar-refractivity contribution in [3.8, 4) is 0 Å². The lowest BCUT2D eigenvalue weighted by Crippen LogP contribution is -2.00. The third-order valence-electron chi connectivity index (χ3n) is 3.67. The van der Waals surface area contributed by atoms with Gasteiger partial charge in [-0.1, -0.05) is 30.3 Å². The summed E-state index contributed by atoms with van der Waals surface area (Å²) in [4.78, 5) is 0. The maximum absolute atomic E-state index is 5.68. The van der Waals surface area contributed by atoms with E-state index < -0.39 is 0 Å². The summed E-state index contributed by atoms with van der Waals surface area (Å²) >= 11 is 0. The van der Waals surface area contributed by atoms with E-state index in [-0.39, 0.29) is 0 Å². The highest BCUT2D eigenvalue weighted by Crippen LogP contribution is 2.19. The van der Waals surface area contributed by atoms with Gasteiger partial charge in [-0.3, -0.25) is 0 Å². The van der Waals surface area contributed by atoms with E-state index in [1.807, 2.05) is 0 Å². The largest absolute Gasteiger partial charge is 0.343 e. The van der Waals surface area contributed by atoms with E-state index in [0.29, 0.717) is 6.54 Å². The first kappa shape index (κ1) is 12.0. The molecule has 0 aliphatic heterocycles. The van der Waals surface area contributed by atoms with Crippen LogP contribution in [0, 0.1) is 6.92 Å². The molecule has 0 aliphatic rings. The minimum Gasteiger partial charge on any atom is -0.343 e. The third-order valence-corrected chi connectivity index (χ3v) is 3.67. The number of aromatic nitrogens is 1. The quantitative estimate of drug-likeness (QED) is 0.758. The number of hydrogen-bond donors (Lipinski definition) is 1. The van der Waals surface area contributed by atoms with Gasteiger partial charge in [-0.25, -0.2) is 0 Å². The number of rotatable bonds is 3. The Kier molecular flexibility index (Phi) is 3.10. The first-order valence-electron chi connectivity index (χ1n) is 6.60. The molecule has 1 heterocycles. The Balaban J connectivity index is 2.00. The fraction of sp³-hybridized carbons (Fsp3) is 0.176. The fourth-order valence-corrected chi connectivity index (χ4v) is 2.49. The summed E-state index contributed by atoms with van der Waals surface area (Å²) in [7, 11) is 0. The Morgan fingerprint density at radius 2 is 1.89 bits per heavy atom. The van der Waals surface area contributed by atoms with Crippen LogP contribution in [0.3, 0.4) is 0 Å². The van der Waals surface area contributed by atoms with Crippen molar-refractivity contribution in [2.24, 2.45) is 5.73 Å². The molecule has 0 saturated heterocycles. The Bertz CT molecular complexity index is 710. The van der Waals surface area contributed by atoms with Crippen LogP contribution in [0.2, 0.25) is 0 Å². The van der Waals surface area contributed by atoms with Gasteiger partial charge in [0.05, 0.1) is 0 Å². The molecule has 0 atom stereocenters. The summed E-state index contributed by atoms with van der Waals surface area (Å²) < 4.78 is 2.29. The number of nitrogens with zero attached hydrogens (tertiary/aromatic N) is 1. The molecule has 0 fully saturated rings. The predicted octanol–water partition coefficient (Wildman–Crippen LogP) is 3.46. The van der Waals surface area contributed by atoms with Gasteiger partial charge < -0.3 is 10.3 Å². The van der Waals surface area contributed by atoms with Crippen molar-refractivity contribution >= 4 is 10.9 Å². The molecule has 0 radical (unpaired) electrons. The maximum atomic E-state index is 5.68. The second-order valence-electron chi connectivity index (χ2n) is 4.97. The second-order valence-corrected chi connectivity index (χ2v) is 4.97. The molecule has 3 rings (SSSR count). The van der Waals surface area contributed by atoms with E-state index in [1.165, 1.54) is 27.6 Å². The van der Waals surface area contributed by atoms with Crippen molar-refractivity contribution in [2.75, 3.05) is 0 Å². The first-order valence-corrected chi connectivity index (χ1v) is 6.60. The lowest BCUT2D eigenvalue weighted by Gasteiger charge is -2.09. The highest BCUT2D eigenvalue weighted by molar-refractivity contribution is 5.81. The van der Waals surface area contributed by atoms with Crippen molar-refractivity contribution in [3.05, 3.63) is 71.4 Å². The summed E-state index contributed by atoms with van der Waals surface area (Å²) in [6.45, 7) is 3.67. The third kappa shape index (κ3) is 2.27. The van der Waals surface area contributed by atoms with Crippen LogP contribution in [-0.2, 0) is 13.1 Å². The number of fused-ring (bicyclic) bond motifs is 1. The van der Waals surface area contributed by atoms with Gasteiger partial charge >= 0.3 is 0 Å². The molecule has 19 heavy (non-hydrogen) atoms. The number of hydrogen-bond acceptors (Lipinski definition) is 1. The minimum absolute atomic E-state index is 0.596. The topological polar surface area (TPSA) is 30.9 Å². The molecular formula is C17H18N2. The van der Waals surface area contributed by atoms with E-state index in [9.17, 15) is 0 Å². The molecule has 2 N–H and O–H groups in total. The van der Waals surface area contributed by atoms with Crippen molar-refractivity contribution in [3.63, 3.8) is 0 Å². The summed E-state index contributed by atoms with van der Waals surface area (Å²) in [5, 5.41) is 1.26. The smallest absolute Gasteiger partial charge is 0.0483 e. The predicted molar refractivity (Wildman–Crippen MR) is 80.1 cm³/mol. The Morgan fingerprint density at radius 1 is 1.05 bits per heavy atom. The number of aryl methyl sites for hydroxylation is 1. The van der Waals surface area contributed by atoms with Crippen LogP contribution in [0.1, 0.15) is 16.7 Å².